The first-order valence-electron chi connectivity index (χ1n) is 4.40. The van der Waals surface area contributed by atoms with Crippen LogP contribution < -0.4 is 5.73 Å². The Bertz CT molecular complexity index is 338. The molecule has 1 aromatic rings. The maximum atomic E-state index is 10.0. The zero-order valence-corrected chi connectivity index (χ0v) is 7.33. The maximum absolute atomic E-state index is 10.0. The number of rotatable bonds is 1. The number of aliphatic hydroxyl groups is 1. The fourth-order valence-electron chi connectivity index (χ4n) is 1.93. The molecule has 1 atom stereocenters. The molecule has 1 aliphatic carbocycles. The van der Waals surface area contributed by atoms with Crippen molar-refractivity contribution in [2.45, 2.75) is 18.4 Å². The number of hydrogen-bond acceptors (Lipinski definition) is 3. The highest BCUT2D eigenvalue weighted by Gasteiger charge is 2.35. The van der Waals surface area contributed by atoms with Crippen molar-refractivity contribution < 1.29 is 10.2 Å². The maximum Gasteiger partial charge on any atom is 0.115 e. The Labute approximate surface area is 76.8 Å². The number of aryl methyl sites for hydroxylation is 1. The van der Waals surface area contributed by atoms with Gasteiger partial charge in [-0.05, 0) is 36.1 Å². The summed E-state index contributed by atoms with van der Waals surface area (Å²) in [5, 5.41) is 19.3. The summed E-state index contributed by atoms with van der Waals surface area (Å²) in [4.78, 5) is 0. The molecule has 0 bridgehead atoms. The molecule has 0 aliphatic heterocycles. The van der Waals surface area contributed by atoms with E-state index in [9.17, 15) is 10.2 Å². The smallest absolute Gasteiger partial charge is 0.115 e. The van der Waals surface area contributed by atoms with E-state index in [1.807, 2.05) is 0 Å². The first-order valence-corrected chi connectivity index (χ1v) is 4.40. The Kier molecular flexibility index (Phi) is 1.78. The molecule has 0 aromatic heterocycles. The first-order chi connectivity index (χ1) is 6.15. The molecule has 2 rings (SSSR count). The Morgan fingerprint density at radius 2 is 2.23 bits per heavy atom. The van der Waals surface area contributed by atoms with Crippen molar-refractivity contribution in [3.05, 3.63) is 29.3 Å². The van der Waals surface area contributed by atoms with Gasteiger partial charge in [-0.1, -0.05) is 6.07 Å². The van der Waals surface area contributed by atoms with Crippen molar-refractivity contribution in [1.29, 1.82) is 0 Å². The number of nitrogens with two attached hydrogens (primary N) is 1. The summed E-state index contributed by atoms with van der Waals surface area (Å²) in [5.41, 5.74) is 6.51. The lowest BCUT2D eigenvalue weighted by atomic mass is 9.96. The molecule has 70 valence electrons. The standard InChI is InChI=1S/C10H13NO2/c11-6-10(13)4-3-7-5-8(12)1-2-9(7)10/h1-2,5,12-13H,3-4,6,11H2. The number of phenolic OH excluding ortho intramolecular Hbond substituents is 1. The third-order valence-electron chi connectivity index (χ3n) is 2.74. The average Bonchev–Trinajstić information content (AvgIpc) is 2.45. The van der Waals surface area contributed by atoms with E-state index in [0.717, 1.165) is 17.5 Å². The van der Waals surface area contributed by atoms with Gasteiger partial charge < -0.3 is 15.9 Å². The fourth-order valence-corrected chi connectivity index (χ4v) is 1.93. The van der Waals surface area contributed by atoms with Crippen LogP contribution in [0.1, 0.15) is 17.5 Å². The molecule has 0 heterocycles. The molecule has 1 aliphatic rings. The summed E-state index contributed by atoms with van der Waals surface area (Å²) in [7, 11) is 0. The van der Waals surface area contributed by atoms with Gasteiger partial charge >= 0.3 is 0 Å². The van der Waals surface area contributed by atoms with E-state index in [0.29, 0.717) is 6.42 Å². The topological polar surface area (TPSA) is 66.5 Å². The van der Waals surface area contributed by atoms with E-state index in [1.165, 1.54) is 0 Å². The lowest BCUT2D eigenvalue weighted by molar-refractivity contribution is 0.0481. The van der Waals surface area contributed by atoms with Gasteiger partial charge in [-0.3, -0.25) is 0 Å². The summed E-state index contributed by atoms with van der Waals surface area (Å²) in [6, 6.07) is 5.04. The van der Waals surface area contributed by atoms with Crippen LogP contribution >= 0.6 is 0 Å². The third-order valence-corrected chi connectivity index (χ3v) is 2.74. The SMILES string of the molecule is NCC1(O)CCc2cc(O)ccc21. The largest absolute Gasteiger partial charge is 0.508 e. The Balaban J connectivity index is 2.49. The van der Waals surface area contributed by atoms with Crippen LogP contribution in [0.25, 0.3) is 0 Å². The molecule has 0 saturated carbocycles. The number of hydrogen-bond donors (Lipinski definition) is 3. The number of phenols is 1. The van der Waals surface area contributed by atoms with Crippen LogP contribution in [0.4, 0.5) is 0 Å². The van der Waals surface area contributed by atoms with Crippen molar-refractivity contribution >= 4 is 0 Å². The lowest BCUT2D eigenvalue weighted by Gasteiger charge is -2.21. The highest BCUT2D eigenvalue weighted by Crippen LogP contribution is 2.37. The Hall–Kier alpha value is -1.06. The van der Waals surface area contributed by atoms with Gasteiger partial charge in [0.15, 0.2) is 0 Å². The third kappa shape index (κ3) is 1.20. The molecule has 0 spiro atoms. The molecule has 1 aromatic carbocycles. The van der Waals surface area contributed by atoms with Crippen molar-refractivity contribution in [2.24, 2.45) is 5.73 Å². The number of fused-ring (bicyclic) bond motifs is 1. The van der Waals surface area contributed by atoms with Crippen LogP contribution in [0.5, 0.6) is 5.75 Å². The second kappa shape index (κ2) is 2.72. The van der Waals surface area contributed by atoms with E-state index >= 15 is 0 Å². The van der Waals surface area contributed by atoms with Gasteiger partial charge in [-0.2, -0.15) is 0 Å². The lowest BCUT2D eigenvalue weighted by Crippen LogP contribution is -2.32. The van der Waals surface area contributed by atoms with Gasteiger partial charge in [0.25, 0.3) is 0 Å². The molecule has 4 N–H and O–H groups in total. The highest BCUT2D eigenvalue weighted by molar-refractivity contribution is 5.42. The van der Waals surface area contributed by atoms with Crippen LogP contribution in [0.15, 0.2) is 18.2 Å². The minimum Gasteiger partial charge on any atom is -0.508 e. The van der Waals surface area contributed by atoms with E-state index in [2.05, 4.69) is 0 Å². The Morgan fingerprint density at radius 3 is 2.92 bits per heavy atom. The normalized spacial score (nSPS) is 26.0. The van der Waals surface area contributed by atoms with Gasteiger partial charge in [0, 0.05) is 6.54 Å². The number of aromatic hydroxyl groups is 1. The van der Waals surface area contributed by atoms with Crippen LogP contribution in [0.2, 0.25) is 0 Å². The Morgan fingerprint density at radius 1 is 1.46 bits per heavy atom. The van der Waals surface area contributed by atoms with Gasteiger partial charge in [-0.25, -0.2) is 0 Å². The quantitative estimate of drug-likeness (QED) is 0.587. The van der Waals surface area contributed by atoms with E-state index in [4.69, 9.17) is 5.73 Å². The molecule has 1 unspecified atom stereocenters. The predicted octanol–water partition coefficient (Wildman–Crippen LogP) is 0.485. The summed E-state index contributed by atoms with van der Waals surface area (Å²) >= 11 is 0. The minimum atomic E-state index is -0.872. The van der Waals surface area contributed by atoms with E-state index in [1.54, 1.807) is 18.2 Å². The van der Waals surface area contributed by atoms with E-state index < -0.39 is 5.60 Å². The van der Waals surface area contributed by atoms with Crippen molar-refractivity contribution in [3.63, 3.8) is 0 Å². The molecule has 13 heavy (non-hydrogen) atoms. The van der Waals surface area contributed by atoms with Gasteiger partial charge in [0.2, 0.25) is 0 Å². The second-order valence-corrected chi connectivity index (χ2v) is 3.58. The predicted molar refractivity (Wildman–Crippen MR) is 49.4 cm³/mol. The molecule has 0 fully saturated rings. The molecule has 0 saturated heterocycles. The second-order valence-electron chi connectivity index (χ2n) is 3.58. The monoisotopic (exact) mass is 179 g/mol. The van der Waals surface area contributed by atoms with Crippen molar-refractivity contribution in [2.75, 3.05) is 6.54 Å². The van der Waals surface area contributed by atoms with E-state index in [-0.39, 0.29) is 12.3 Å². The average molecular weight is 179 g/mol. The minimum absolute atomic E-state index is 0.241. The highest BCUT2D eigenvalue weighted by atomic mass is 16.3. The van der Waals surface area contributed by atoms with Crippen LogP contribution in [-0.2, 0) is 12.0 Å². The fraction of sp³-hybridized carbons (Fsp3) is 0.400. The summed E-state index contributed by atoms with van der Waals surface area (Å²) in [6.07, 6.45) is 1.44. The molecular formula is C10H13NO2. The molecule has 0 radical (unpaired) electrons. The summed E-state index contributed by atoms with van der Waals surface area (Å²) in [5.74, 6) is 0.250. The van der Waals surface area contributed by atoms with Crippen LogP contribution in [0.3, 0.4) is 0 Å². The van der Waals surface area contributed by atoms with Gasteiger partial charge in [0.1, 0.15) is 11.4 Å². The summed E-state index contributed by atoms with van der Waals surface area (Å²) < 4.78 is 0. The number of benzene rings is 1. The molecular weight excluding hydrogens is 166 g/mol. The molecule has 3 nitrogen and oxygen atoms in total. The van der Waals surface area contributed by atoms with Gasteiger partial charge in [0.05, 0.1) is 0 Å². The van der Waals surface area contributed by atoms with Crippen LogP contribution in [-0.4, -0.2) is 16.8 Å². The zero-order valence-electron chi connectivity index (χ0n) is 7.33. The first kappa shape index (κ1) is 8.53. The van der Waals surface area contributed by atoms with Gasteiger partial charge in [-0.15, -0.1) is 0 Å². The molecule has 0 amide bonds. The van der Waals surface area contributed by atoms with Crippen molar-refractivity contribution in [1.82, 2.24) is 0 Å². The molecule has 3 heteroatoms. The van der Waals surface area contributed by atoms with Crippen LogP contribution in [0, 0.1) is 0 Å². The zero-order chi connectivity index (χ0) is 9.47. The van der Waals surface area contributed by atoms with Crippen molar-refractivity contribution in [3.8, 4) is 5.75 Å². The summed E-state index contributed by atoms with van der Waals surface area (Å²) in [6.45, 7) is 0.241.